The van der Waals surface area contributed by atoms with Crippen molar-refractivity contribution in [3.8, 4) is 0 Å². The molecule has 1 aliphatic heterocycles. The Kier molecular flexibility index (Phi) is 3.43. The maximum atomic E-state index is 7.00. The number of ether oxygens (including phenoxy) is 1. The number of hydrogen-bond acceptors (Lipinski definition) is 3. The van der Waals surface area contributed by atoms with Crippen molar-refractivity contribution in [1.29, 1.82) is 0 Å². The molecule has 0 bridgehead atoms. The number of benzene rings is 1. The molecule has 0 atom stereocenters. The van der Waals surface area contributed by atoms with Gasteiger partial charge in [-0.25, -0.2) is 4.98 Å². The molecule has 1 N–H and O–H groups in total. The van der Waals surface area contributed by atoms with E-state index in [1.807, 2.05) is 12.5 Å². The summed E-state index contributed by atoms with van der Waals surface area (Å²) in [7, 11) is 1.00. The van der Waals surface area contributed by atoms with Crippen LogP contribution in [0.1, 0.15) is 20.3 Å². The molecule has 0 amide bonds. The van der Waals surface area contributed by atoms with E-state index in [0.29, 0.717) is 6.61 Å². The van der Waals surface area contributed by atoms with Crippen LogP contribution in [0.15, 0.2) is 36.8 Å². The van der Waals surface area contributed by atoms with Crippen molar-refractivity contribution in [2.24, 2.45) is 0 Å². The van der Waals surface area contributed by atoms with Gasteiger partial charge in [-0.1, -0.05) is 24.3 Å². The van der Waals surface area contributed by atoms with Crippen molar-refractivity contribution in [2.45, 2.75) is 25.9 Å². The Morgan fingerprint density at radius 2 is 1.90 bits per heavy atom. The Morgan fingerprint density at radius 3 is 2.57 bits per heavy atom. The predicted molar refractivity (Wildman–Crippen MR) is 84.1 cm³/mol. The molecule has 0 aliphatic carbocycles. The molecule has 1 fully saturated rings. The van der Waals surface area contributed by atoms with E-state index in [0.717, 1.165) is 13.5 Å². The van der Waals surface area contributed by atoms with Crippen LogP contribution in [0.5, 0.6) is 0 Å². The van der Waals surface area contributed by atoms with Gasteiger partial charge in [0, 0.05) is 24.3 Å². The minimum atomic E-state index is -0.0549. The van der Waals surface area contributed by atoms with Crippen LogP contribution >= 0.6 is 0 Å². The van der Waals surface area contributed by atoms with Gasteiger partial charge in [0.1, 0.15) is 0 Å². The molecular formula is C17H20N2O2. The molecule has 4 rings (SSSR count). The van der Waals surface area contributed by atoms with E-state index in [1.165, 1.54) is 27.2 Å². The highest BCUT2D eigenvalue weighted by Crippen LogP contribution is 2.30. The minimum Gasteiger partial charge on any atom is -0.400 e. The lowest BCUT2D eigenvalue weighted by atomic mass is 10.0. The summed E-state index contributed by atoms with van der Waals surface area (Å²) in [6, 6.07) is 8.53. The van der Waals surface area contributed by atoms with Crippen molar-refractivity contribution < 1.29 is 9.84 Å². The molecular weight excluding hydrogens is 264 g/mol. The first-order valence-corrected chi connectivity index (χ1v) is 7.09. The third-order valence-corrected chi connectivity index (χ3v) is 3.95. The van der Waals surface area contributed by atoms with Gasteiger partial charge in [-0.15, -0.1) is 0 Å². The van der Waals surface area contributed by atoms with E-state index in [9.17, 15) is 0 Å². The molecule has 1 saturated heterocycles. The molecule has 4 nitrogen and oxygen atoms in total. The zero-order valence-electron chi connectivity index (χ0n) is 12.6. The molecule has 1 aromatic carbocycles. The molecule has 0 saturated carbocycles. The van der Waals surface area contributed by atoms with Crippen molar-refractivity contribution in [2.75, 3.05) is 13.7 Å². The van der Waals surface area contributed by atoms with Gasteiger partial charge in [0.05, 0.1) is 35.6 Å². The number of aromatic nitrogens is 2. The number of nitrogens with zero attached hydrogens (tertiary/aromatic N) is 2. The Labute approximate surface area is 123 Å². The lowest BCUT2D eigenvalue weighted by Gasteiger charge is -2.14. The molecule has 4 heteroatoms. The van der Waals surface area contributed by atoms with Crippen LogP contribution in [0, 0.1) is 0 Å². The number of aliphatic hydroxyl groups excluding tert-OH is 1. The van der Waals surface area contributed by atoms with Crippen molar-refractivity contribution in [1.82, 2.24) is 9.38 Å². The zero-order valence-corrected chi connectivity index (χ0v) is 12.6. The molecule has 3 aromatic rings. The van der Waals surface area contributed by atoms with Gasteiger partial charge in [-0.3, -0.25) is 4.40 Å². The first kappa shape index (κ1) is 14.0. The number of hydrogen-bond donors (Lipinski definition) is 1. The Morgan fingerprint density at radius 1 is 1.19 bits per heavy atom. The second-order valence-electron chi connectivity index (χ2n) is 5.87. The normalized spacial score (nSPS) is 19.8. The van der Waals surface area contributed by atoms with Crippen LogP contribution in [0.4, 0.5) is 0 Å². The van der Waals surface area contributed by atoms with Crippen LogP contribution in [0.3, 0.4) is 0 Å². The second kappa shape index (κ2) is 5.13. The molecule has 2 aromatic heterocycles. The van der Waals surface area contributed by atoms with Gasteiger partial charge >= 0.3 is 0 Å². The van der Waals surface area contributed by atoms with Crippen molar-refractivity contribution in [3.63, 3.8) is 0 Å². The Balaban J connectivity index is 0.000000636. The van der Waals surface area contributed by atoms with Crippen LogP contribution in [0.2, 0.25) is 0 Å². The Bertz CT molecular complexity index is 833. The van der Waals surface area contributed by atoms with Crippen LogP contribution in [-0.4, -0.2) is 33.8 Å². The average Bonchev–Trinajstić information content (AvgIpc) is 3.15. The van der Waals surface area contributed by atoms with Gasteiger partial charge in [-0.05, 0) is 19.4 Å². The maximum absolute atomic E-state index is 7.00. The predicted octanol–water partition coefficient (Wildman–Crippen LogP) is 2.16. The third kappa shape index (κ3) is 2.20. The van der Waals surface area contributed by atoms with Crippen LogP contribution in [-0.2, 0) is 4.74 Å². The largest absolute Gasteiger partial charge is 0.400 e. The summed E-state index contributed by atoms with van der Waals surface area (Å²) < 4.78 is 8.08. The molecule has 0 unspecified atom stereocenters. The highest BCUT2D eigenvalue weighted by molar-refractivity contribution is 5.98. The summed E-state index contributed by atoms with van der Waals surface area (Å²) in [5, 5.41) is 10.8. The van der Waals surface area contributed by atoms with Crippen LogP contribution in [0.25, 0.3) is 21.9 Å². The van der Waals surface area contributed by atoms with E-state index >= 15 is 0 Å². The summed E-state index contributed by atoms with van der Waals surface area (Å²) in [6.45, 7) is 5.01. The molecule has 21 heavy (non-hydrogen) atoms. The number of imidazole rings is 1. The lowest BCUT2D eigenvalue weighted by molar-refractivity contribution is 0.0382. The maximum Gasteiger partial charge on any atom is 0.0997 e. The van der Waals surface area contributed by atoms with Gasteiger partial charge in [0.2, 0.25) is 0 Å². The average molecular weight is 284 g/mol. The lowest BCUT2D eigenvalue weighted by Crippen LogP contribution is -2.17. The molecule has 110 valence electrons. The fourth-order valence-corrected chi connectivity index (χ4v) is 3.13. The van der Waals surface area contributed by atoms with Gasteiger partial charge < -0.3 is 9.84 Å². The summed E-state index contributed by atoms with van der Waals surface area (Å²) >= 11 is 0. The smallest absolute Gasteiger partial charge is 0.0997 e. The quantitative estimate of drug-likeness (QED) is 0.688. The topological polar surface area (TPSA) is 46.8 Å². The fraction of sp³-hybridized carbons (Fsp3) is 0.353. The monoisotopic (exact) mass is 284 g/mol. The zero-order chi connectivity index (χ0) is 15.0. The van der Waals surface area contributed by atoms with Crippen molar-refractivity contribution >= 4 is 21.9 Å². The first-order chi connectivity index (χ1) is 10.2. The van der Waals surface area contributed by atoms with Gasteiger partial charge in [0.15, 0.2) is 0 Å². The van der Waals surface area contributed by atoms with E-state index < -0.39 is 0 Å². The van der Waals surface area contributed by atoms with E-state index in [-0.39, 0.29) is 5.60 Å². The summed E-state index contributed by atoms with van der Waals surface area (Å²) in [5.74, 6) is 0. The van der Waals surface area contributed by atoms with Gasteiger partial charge in [0.25, 0.3) is 0 Å². The summed E-state index contributed by atoms with van der Waals surface area (Å²) in [6.07, 6.45) is 4.82. The van der Waals surface area contributed by atoms with E-state index in [1.54, 1.807) is 0 Å². The molecule has 3 heterocycles. The third-order valence-electron chi connectivity index (χ3n) is 3.95. The van der Waals surface area contributed by atoms with Gasteiger partial charge in [-0.2, -0.15) is 0 Å². The highest BCUT2D eigenvalue weighted by atomic mass is 16.5. The fourth-order valence-electron chi connectivity index (χ4n) is 3.13. The summed E-state index contributed by atoms with van der Waals surface area (Å²) in [4.78, 5) is 4.29. The molecule has 1 aliphatic rings. The SMILES string of the molecule is CC1(C)C/C(=c2/c3ccccc3c3cncn23)CO1.CO. The number of rotatable bonds is 0. The second-order valence-corrected chi connectivity index (χ2v) is 5.87. The minimum absolute atomic E-state index is 0.0549. The van der Waals surface area contributed by atoms with Crippen molar-refractivity contribution in [3.05, 3.63) is 42.1 Å². The summed E-state index contributed by atoms with van der Waals surface area (Å²) in [5.41, 5.74) is 2.50. The number of aliphatic hydroxyl groups is 1. The van der Waals surface area contributed by atoms with E-state index in [2.05, 4.69) is 47.5 Å². The highest BCUT2D eigenvalue weighted by Gasteiger charge is 2.29. The number of fused-ring (bicyclic) bond motifs is 3. The standard InChI is InChI=1S/C16H16N2O.CH4O/c1-16(2)7-11(9-19-16)15-13-6-4-3-5-12(13)14-8-17-10-18(14)15;1-2/h3-6,8,10H,7,9H2,1-2H3;2H,1H3/b15-11+;. The van der Waals surface area contributed by atoms with Crippen LogP contribution < -0.4 is 5.35 Å². The first-order valence-electron chi connectivity index (χ1n) is 7.09. The van der Waals surface area contributed by atoms with E-state index in [4.69, 9.17) is 9.84 Å². The molecule has 0 spiro atoms. The Hall–Kier alpha value is -1.91. The molecule has 0 radical (unpaired) electrons.